The molecule has 0 saturated heterocycles. The molecule has 0 aromatic carbocycles. The Morgan fingerprint density at radius 3 is 3.06 bits per heavy atom. The predicted octanol–water partition coefficient (Wildman–Crippen LogP) is 2.45. The molecule has 0 aliphatic heterocycles. The maximum Gasteiger partial charge on any atom is 0.311 e. The number of carbonyl (C=O) groups excluding carboxylic acids is 1. The Bertz CT molecular complexity index is 516. The van der Waals surface area contributed by atoms with Crippen LogP contribution >= 0.6 is 11.3 Å². The van der Waals surface area contributed by atoms with Gasteiger partial charge in [0.05, 0.1) is 18.7 Å². The van der Waals surface area contributed by atoms with E-state index in [1.54, 1.807) is 11.3 Å². The number of hydrogen-bond donors (Lipinski definition) is 0. The third-order valence-electron chi connectivity index (χ3n) is 2.47. The number of carbonyl (C=O) groups is 1. The molecular weight excluding hydrogens is 236 g/mol. The zero-order valence-electron chi connectivity index (χ0n) is 10.1. The Balaban J connectivity index is 2.19. The highest BCUT2D eigenvalue weighted by molar-refractivity contribution is 7.15. The van der Waals surface area contributed by atoms with Gasteiger partial charge < -0.3 is 4.74 Å². The highest BCUT2D eigenvalue weighted by Gasteiger charge is 2.11. The first kappa shape index (κ1) is 12.1. The molecule has 0 N–H and O–H groups in total. The molecule has 17 heavy (non-hydrogen) atoms. The second-order valence-electron chi connectivity index (χ2n) is 3.84. The van der Waals surface area contributed by atoms with Gasteiger partial charge >= 0.3 is 5.97 Å². The summed E-state index contributed by atoms with van der Waals surface area (Å²) in [5.74, 6) is -0.182. The molecule has 0 amide bonds. The highest BCUT2D eigenvalue weighted by Crippen LogP contribution is 2.18. The van der Waals surface area contributed by atoms with Crippen molar-refractivity contribution in [2.75, 3.05) is 6.61 Å². The summed E-state index contributed by atoms with van der Waals surface area (Å²) in [5, 5.41) is 1.97. The number of nitrogens with zero attached hydrogens (tertiary/aromatic N) is 2. The fraction of sp³-hybridized carbons (Fsp3) is 0.500. The first-order chi connectivity index (χ1) is 8.24. The number of thiazole rings is 1. The summed E-state index contributed by atoms with van der Waals surface area (Å²) in [7, 11) is 0. The lowest BCUT2D eigenvalue weighted by Gasteiger charge is -2.00. The van der Waals surface area contributed by atoms with E-state index in [4.69, 9.17) is 4.74 Å². The first-order valence-corrected chi connectivity index (χ1v) is 6.72. The molecule has 2 rings (SSSR count). The second kappa shape index (κ2) is 5.31. The smallest absolute Gasteiger partial charge is 0.311 e. The summed E-state index contributed by atoms with van der Waals surface area (Å²) in [5.41, 5.74) is 2.04. The Labute approximate surface area is 104 Å². The molecule has 0 spiro atoms. The van der Waals surface area contributed by atoms with Crippen LogP contribution in [0.5, 0.6) is 0 Å². The Morgan fingerprint density at radius 1 is 1.53 bits per heavy atom. The molecule has 2 heterocycles. The monoisotopic (exact) mass is 252 g/mol. The quantitative estimate of drug-likeness (QED) is 0.768. The molecule has 0 bridgehead atoms. The van der Waals surface area contributed by atoms with Gasteiger partial charge in [-0.2, -0.15) is 0 Å². The zero-order chi connectivity index (χ0) is 12.3. The van der Waals surface area contributed by atoms with E-state index in [9.17, 15) is 4.79 Å². The molecule has 0 aliphatic carbocycles. The topological polar surface area (TPSA) is 43.6 Å². The lowest BCUT2D eigenvalue weighted by Crippen LogP contribution is -2.08. The van der Waals surface area contributed by atoms with E-state index in [-0.39, 0.29) is 5.97 Å². The van der Waals surface area contributed by atoms with Crippen LogP contribution in [0, 0.1) is 0 Å². The zero-order valence-corrected chi connectivity index (χ0v) is 10.9. The van der Waals surface area contributed by atoms with Gasteiger partial charge in [0.15, 0.2) is 4.96 Å². The van der Waals surface area contributed by atoms with Gasteiger partial charge in [-0.15, -0.1) is 11.3 Å². The Kier molecular flexibility index (Phi) is 3.78. The van der Waals surface area contributed by atoms with Crippen LogP contribution in [-0.2, 0) is 22.4 Å². The summed E-state index contributed by atoms with van der Waals surface area (Å²) in [6, 6.07) is 0. The summed E-state index contributed by atoms with van der Waals surface area (Å²) >= 11 is 1.56. The van der Waals surface area contributed by atoms with Crippen molar-refractivity contribution in [3.8, 4) is 0 Å². The van der Waals surface area contributed by atoms with Crippen LogP contribution in [-0.4, -0.2) is 22.0 Å². The van der Waals surface area contributed by atoms with E-state index in [0.717, 1.165) is 29.2 Å². The molecule has 0 fully saturated rings. The number of esters is 1. The van der Waals surface area contributed by atoms with Gasteiger partial charge in [0.1, 0.15) is 0 Å². The normalized spacial score (nSPS) is 10.9. The van der Waals surface area contributed by atoms with Crippen LogP contribution in [0.15, 0.2) is 11.6 Å². The highest BCUT2D eigenvalue weighted by atomic mass is 32.1. The number of rotatable bonds is 5. The number of ether oxygens (including phenoxy) is 1. The van der Waals surface area contributed by atoms with Crippen LogP contribution in [0.3, 0.4) is 0 Å². The summed E-state index contributed by atoms with van der Waals surface area (Å²) in [6.07, 6.45) is 4.39. The molecule has 2 aromatic heterocycles. The van der Waals surface area contributed by atoms with Crippen molar-refractivity contribution < 1.29 is 9.53 Å². The van der Waals surface area contributed by atoms with E-state index < -0.39 is 0 Å². The molecule has 5 heteroatoms. The van der Waals surface area contributed by atoms with E-state index in [0.29, 0.717) is 13.0 Å². The van der Waals surface area contributed by atoms with Crippen LogP contribution < -0.4 is 0 Å². The second-order valence-corrected chi connectivity index (χ2v) is 4.68. The lowest BCUT2D eigenvalue weighted by atomic mass is 10.3. The van der Waals surface area contributed by atoms with Crippen molar-refractivity contribution in [2.45, 2.75) is 33.1 Å². The largest absolute Gasteiger partial charge is 0.466 e. The maximum absolute atomic E-state index is 11.4. The van der Waals surface area contributed by atoms with E-state index >= 15 is 0 Å². The molecule has 2 aromatic rings. The van der Waals surface area contributed by atoms with Crippen molar-refractivity contribution >= 4 is 22.3 Å². The van der Waals surface area contributed by atoms with Gasteiger partial charge in [0, 0.05) is 17.3 Å². The van der Waals surface area contributed by atoms with Gasteiger partial charge in [-0.05, 0) is 13.3 Å². The van der Waals surface area contributed by atoms with Crippen LogP contribution in [0.25, 0.3) is 4.96 Å². The Morgan fingerprint density at radius 2 is 2.35 bits per heavy atom. The molecule has 92 valence electrons. The fourth-order valence-electron chi connectivity index (χ4n) is 1.74. The van der Waals surface area contributed by atoms with Gasteiger partial charge in [-0.25, -0.2) is 4.98 Å². The van der Waals surface area contributed by atoms with Crippen LogP contribution in [0.4, 0.5) is 0 Å². The third kappa shape index (κ3) is 2.66. The van der Waals surface area contributed by atoms with Gasteiger partial charge in [-0.1, -0.05) is 13.3 Å². The molecule has 4 nitrogen and oxygen atoms in total. The first-order valence-electron chi connectivity index (χ1n) is 5.84. The molecule has 0 atom stereocenters. The van der Waals surface area contributed by atoms with Crippen molar-refractivity contribution in [1.82, 2.24) is 9.38 Å². The van der Waals surface area contributed by atoms with E-state index in [1.807, 2.05) is 22.9 Å². The maximum atomic E-state index is 11.4. The average molecular weight is 252 g/mol. The van der Waals surface area contributed by atoms with Crippen molar-refractivity contribution in [3.05, 3.63) is 23.0 Å². The molecule has 0 unspecified atom stereocenters. The van der Waals surface area contributed by atoms with Gasteiger partial charge in [-0.3, -0.25) is 9.20 Å². The predicted molar refractivity (Wildman–Crippen MR) is 67.4 cm³/mol. The fourth-order valence-corrected chi connectivity index (χ4v) is 2.63. The number of imidazole rings is 1. The molecule has 0 aliphatic rings. The minimum absolute atomic E-state index is 0.182. The van der Waals surface area contributed by atoms with Gasteiger partial charge in [0.25, 0.3) is 0 Å². The number of aryl methyl sites for hydroxylation is 1. The Hall–Kier alpha value is -1.36. The SMILES string of the molecule is CCCc1cn2c(CC(=O)OCC)csc2n1. The van der Waals surface area contributed by atoms with Crippen LogP contribution in [0.2, 0.25) is 0 Å². The number of hydrogen-bond acceptors (Lipinski definition) is 4. The van der Waals surface area contributed by atoms with Crippen molar-refractivity contribution in [1.29, 1.82) is 0 Å². The summed E-state index contributed by atoms with van der Waals surface area (Å²) in [4.78, 5) is 16.9. The summed E-state index contributed by atoms with van der Waals surface area (Å²) in [6.45, 7) is 4.38. The van der Waals surface area contributed by atoms with E-state index in [2.05, 4.69) is 11.9 Å². The summed E-state index contributed by atoms with van der Waals surface area (Å²) < 4.78 is 6.94. The average Bonchev–Trinajstić information content (AvgIpc) is 2.81. The molecule has 0 saturated carbocycles. The number of aromatic nitrogens is 2. The molecular formula is C12H16N2O2S. The number of fused-ring (bicyclic) bond motifs is 1. The van der Waals surface area contributed by atoms with Crippen molar-refractivity contribution in [2.24, 2.45) is 0 Å². The van der Waals surface area contributed by atoms with Crippen molar-refractivity contribution in [3.63, 3.8) is 0 Å². The van der Waals surface area contributed by atoms with E-state index in [1.165, 1.54) is 0 Å². The third-order valence-corrected chi connectivity index (χ3v) is 3.36. The molecule has 0 radical (unpaired) electrons. The lowest BCUT2D eigenvalue weighted by molar-refractivity contribution is -0.142. The minimum atomic E-state index is -0.182. The van der Waals surface area contributed by atoms with Gasteiger partial charge in [0.2, 0.25) is 0 Å². The minimum Gasteiger partial charge on any atom is -0.466 e. The standard InChI is InChI=1S/C12H16N2O2S/c1-3-5-9-7-14-10(6-11(15)16-4-2)8-17-12(14)13-9/h7-8H,3-6H2,1-2H3. The van der Waals surface area contributed by atoms with Crippen LogP contribution in [0.1, 0.15) is 31.7 Å².